The molecule has 2 rings (SSSR count). The third kappa shape index (κ3) is 2.67. The number of nitrogens with one attached hydrogen (secondary N) is 1. The van der Waals surface area contributed by atoms with Gasteiger partial charge in [0.25, 0.3) is 5.91 Å². The molecule has 3 heteroatoms. The molecule has 92 valence electrons. The van der Waals surface area contributed by atoms with Crippen LogP contribution in [0.5, 0.6) is 0 Å². The van der Waals surface area contributed by atoms with Crippen molar-refractivity contribution in [1.29, 1.82) is 0 Å². The molecule has 0 radical (unpaired) electrons. The molecule has 0 unspecified atom stereocenters. The SMILES string of the molecule is Cc1cc(C)c(NC(=O)[C@H]2CCCO2)c(C)c1. The molecule has 1 saturated heterocycles. The van der Waals surface area contributed by atoms with E-state index in [1.54, 1.807) is 0 Å². The lowest BCUT2D eigenvalue weighted by Gasteiger charge is -2.15. The van der Waals surface area contributed by atoms with Gasteiger partial charge in [-0.3, -0.25) is 4.79 Å². The molecule has 1 aliphatic rings. The minimum atomic E-state index is -0.268. The number of aryl methyl sites for hydroxylation is 3. The standard InChI is InChI=1S/C14H19NO2/c1-9-7-10(2)13(11(3)8-9)15-14(16)12-5-4-6-17-12/h7-8,12H,4-6H2,1-3H3,(H,15,16)/t12-/m1/s1. The van der Waals surface area contributed by atoms with E-state index in [4.69, 9.17) is 4.74 Å². The largest absolute Gasteiger partial charge is 0.368 e. The second kappa shape index (κ2) is 4.88. The van der Waals surface area contributed by atoms with Gasteiger partial charge in [-0.05, 0) is 44.7 Å². The van der Waals surface area contributed by atoms with E-state index < -0.39 is 0 Å². The highest BCUT2D eigenvalue weighted by molar-refractivity contribution is 5.95. The van der Waals surface area contributed by atoms with Crippen molar-refractivity contribution in [2.45, 2.75) is 39.7 Å². The molecule has 1 heterocycles. The van der Waals surface area contributed by atoms with E-state index in [0.29, 0.717) is 6.61 Å². The van der Waals surface area contributed by atoms with Crippen LogP contribution in [0.2, 0.25) is 0 Å². The normalized spacial score (nSPS) is 19.4. The summed E-state index contributed by atoms with van der Waals surface area (Å²) in [5.41, 5.74) is 4.36. The van der Waals surface area contributed by atoms with Gasteiger partial charge in [0.1, 0.15) is 6.10 Å². The molecule has 1 amide bonds. The van der Waals surface area contributed by atoms with Gasteiger partial charge >= 0.3 is 0 Å². The van der Waals surface area contributed by atoms with Crippen molar-refractivity contribution in [3.8, 4) is 0 Å². The first-order valence-corrected chi connectivity index (χ1v) is 6.08. The van der Waals surface area contributed by atoms with Crippen molar-refractivity contribution in [3.63, 3.8) is 0 Å². The Bertz CT molecular complexity index is 411. The Labute approximate surface area is 102 Å². The Hall–Kier alpha value is -1.35. The number of benzene rings is 1. The second-order valence-corrected chi connectivity index (χ2v) is 4.76. The fourth-order valence-electron chi connectivity index (χ4n) is 2.37. The molecule has 1 aliphatic heterocycles. The molecule has 1 aromatic carbocycles. The summed E-state index contributed by atoms with van der Waals surface area (Å²) < 4.78 is 5.38. The predicted octanol–water partition coefficient (Wildman–Crippen LogP) is 2.73. The van der Waals surface area contributed by atoms with Crippen molar-refractivity contribution in [3.05, 3.63) is 28.8 Å². The molecular weight excluding hydrogens is 214 g/mol. The van der Waals surface area contributed by atoms with Crippen molar-refractivity contribution in [2.75, 3.05) is 11.9 Å². The highest BCUT2D eigenvalue weighted by atomic mass is 16.5. The number of ether oxygens (including phenoxy) is 1. The molecule has 1 N–H and O–H groups in total. The molecule has 0 saturated carbocycles. The van der Waals surface area contributed by atoms with E-state index in [1.165, 1.54) is 5.56 Å². The number of hydrogen-bond donors (Lipinski definition) is 1. The van der Waals surface area contributed by atoms with Crippen LogP contribution in [-0.2, 0) is 9.53 Å². The van der Waals surface area contributed by atoms with E-state index in [0.717, 1.165) is 29.7 Å². The van der Waals surface area contributed by atoms with Gasteiger partial charge in [-0.25, -0.2) is 0 Å². The topological polar surface area (TPSA) is 38.3 Å². The smallest absolute Gasteiger partial charge is 0.253 e. The highest BCUT2D eigenvalue weighted by Crippen LogP contribution is 2.23. The molecule has 1 fully saturated rings. The summed E-state index contributed by atoms with van der Waals surface area (Å²) in [6.45, 7) is 6.80. The predicted molar refractivity (Wildman–Crippen MR) is 68.3 cm³/mol. The molecule has 1 atom stereocenters. The first kappa shape index (κ1) is 12.1. The number of amides is 1. The molecule has 17 heavy (non-hydrogen) atoms. The van der Waals surface area contributed by atoms with Gasteiger partial charge in [0.2, 0.25) is 0 Å². The summed E-state index contributed by atoms with van der Waals surface area (Å²) in [5, 5.41) is 2.98. The molecule has 0 bridgehead atoms. The van der Waals surface area contributed by atoms with Crippen LogP contribution in [0.15, 0.2) is 12.1 Å². The van der Waals surface area contributed by atoms with Crippen LogP contribution in [-0.4, -0.2) is 18.6 Å². The van der Waals surface area contributed by atoms with E-state index >= 15 is 0 Å². The van der Waals surface area contributed by atoms with Gasteiger partial charge in [0.05, 0.1) is 0 Å². The molecule has 3 nitrogen and oxygen atoms in total. The molecule has 0 aliphatic carbocycles. The van der Waals surface area contributed by atoms with Crippen LogP contribution < -0.4 is 5.32 Å². The number of carbonyl (C=O) groups excluding carboxylic acids is 1. The van der Waals surface area contributed by atoms with E-state index in [2.05, 4.69) is 24.4 Å². The van der Waals surface area contributed by atoms with Crippen molar-refractivity contribution in [2.24, 2.45) is 0 Å². The lowest BCUT2D eigenvalue weighted by Crippen LogP contribution is -2.27. The maximum atomic E-state index is 12.0. The van der Waals surface area contributed by atoms with Crippen LogP contribution in [0, 0.1) is 20.8 Å². The molecule has 0 spiro atoms. The van der Waals surface area contributed by atoms with Gasteiger partial charge in [0.15, 0.2) is 0 Å². The summed E-state index contributed by atoms with van der Waals surface area (Å²) >= 11 is 0. The zero-order valence-electron chi connectivity index (χ0n) is 10.7. The van der Waals surface area contributed by atoms with Crippen LogP contribution >= 0.6 is 0 Å². The average molecular weight is 233 g/mol. The molecule has 0 aromatic heterocycles. The van der Waals surface area contributed by atoms with Crippen molar-refractivity contribution < 1.29 is 9.53 Å². The van der Waals surface area contributed by atoms with Crippen LogP contribution in [0.4, 0.5) is 5.69 Å². The van der Waals surface area contributed by atoms with Gasteiger partial charge in [-0.15, -0.1) is 0 Å². The average Bonchev–Trinajstić information content (AvgIpc) is 2.76. The van der Waals surface area contributed by atoms with Gasteiger partial charge < -0.3 is 10.1 Å². The fourth-order valence-corrected chi connectivity index (χ4v) is 2.37. The first-order chi connectivity index (χ1) is 8.08. The summed E-state index contributed by atoms with van der Waals surface area (Å²) in [5.74, 6) is -0.0162. The number of hydrogen-bond acceptors (Lipinski definition) is 2. The zero-order valence-corrected chi connectivity index (χ0v) is 10.7. The second-order valence-electron chi connectivity index (χ2n) is 4.76. The molecule has 1 aromatic rings. The summed E-state index contributed by atoms with van der Waals surface area (Å²) in [7, 11) is 0. The molecular formula is C14H19NO2. The first-order valence-electron chi connectivity index (χ1n) is 6.08. The van der Waals surface area contributed by atoms with E-state index in [-0.39, 0.29) is 12.0 Å². The number of rotatable bonds is 2. The van der Waals surface area contributed by atoms with Crippen molar-refractivity contribution in [1.82, 2.24) is 0 Å². The Morgan fingerprint density at radius 2 is 1.94 bits per heavy atom. The Morgan fingerprint density at radius 1 is 1.29 bits per heavy atom. The lowest BCUT2D eigenvalue weighted by molar-refractivity contribution is -0.124. The van der Waals surface area contributed by atoms with Gasteiger partial charge in [-0.1, -0.05) is 17.7 Å². The zero-order chi connectivity index (χ0) is 12.4. The van der Waals surface area contributed by atoms with Crippen molar-refractivity contribution >= 4 is 11.6 Å². The van der Waals surface area contributed by atoms with E-state index in [1.807, 2.05) is 13.8 Å². The van der Waals surface area contributed by atoms with Crippen LogP contribution in [0.25, 0.3) is 0 Å². The third-order valence-corrected chi connectivity index (χ3v) is 3.15. The Kier molecular flexibility index (Phi) is 3.48. The number of carbonyl (C=O) groups is 1. The minimum Gasteiger partial charge on any atom is -0.368 e. The van der Waals surface area contributed by atoms with Crippen LogP contribution in [0.3, 0.4) is 0 Å². The Balaban J connectivity index is 2.15. The monoisotopic (exact) mass is 233 g/mol. The lowest BCUT2D eigenvalue weighted by atomic mass is 10.0. The number of anilines is 1. The summed E-state index contributed by atoms with van der Waals surface area (Å²) in [6, 6.07) is 4.16. The van der Waals surface area contributed by atoms with Crippen LogP contribution in [0.1, 0.15) is 29.5 Å². The third-order valence-electron chi connectivity index (χ3n) is 3.15. The summed E-state index contributed by atoms with van der Waals surface area (Å²) in [4.78, 5) is 12.0. The highest BCUT2D eigenvalue weighted by Gasteiger charge is 2.24. The maximum absolute atomic E-state index is 12.0. The fraction of sp³-hybridized carbons (Fsp3) is 0.500. The van der Waals surface area contributed by atoms with Gasteiger partial charge in [-0.2, -0.15) is 0 Å². The minimum absolute atomic E-state index is 0.0162. The van der Waals surface area contributed by atoms with Gasteiger partial charge in [0, 0.05) is 12.3 Å². The maximum Gasteiger partial charge on any atom is 0.253 e. The summed E-state index contributed by atoms with van der Waals surface area (Å²) in [6.07, 6.45) is 1.54. The van der Waals surface area contributed by atoms with E-state index in [9.17, 15) is 4.79 Å². The quantitative estimate of drug-likeness (QED) is 0.853. The Morgan fingerprint density at radius 3 is 2.47 bits per heavy atom.